The molecule has 0 radical (unpaired) electrons. The van der Waals surface area contributed by atoms with Crippen LogP contribution in [0.25, 0.3) is 0 Å². The summed E-state index contributed by atoms with van der Waals surface area (Å²) in [5.41, 5.74) is 2.25. The lowest BCUT2D eigenvalue weighted by Gasteiger charge is -2.71. The van der Waals surface area contributed by atoms with Gasteiger partial charge in [-0.05, 0) is 85.5 Å². The molecule has 3 saturated carbocycles. The summed E-state index contributed by atoms with van der Waals surface area (Å²) in [5, 5.41) is 24.8. The maximum Gasteiger partial charge on any atom is 0.189 e. The number of allylic oxidation sites excluding steroid dienone is 4. The Bertz CT molecular complexity index is 1890. The molecular formula is C46H53ClN2O3. The van der Waals surface area contributed by atoms with Crippen LogP contribution >= 0.6 is 11.6 Å². The molecule has 1 saturated heterocycles. The van der Waals surface area contributed by atoms with E-state index >= 15 is 0 Å². The number of carbonyl (C=O) groups is 1. The first-order valence-electron chi connectivity index (χ1n) is 19.7. The van der Waals surface area contributed by atoms with Crippen molar-refractivity contribution < 1.29 is 15.0 Å². The molecule has 6 aliphatic carbocycles. The topological polar surface area (TPSA) is 64.0 Å². The number of fused-ring (bicyclic) bond motifs is 1. The van der Waals surface area contributed by atoms with Crippen LogP contribution in [0.2, 0.25) is 5.02 Å². The summed E-state index contributed by atoms with van der Waals surface area (Å²) >= 11 is 6.30. The van der Waals surface area contributed by atoms with E-state index in [0.717, 1.165) is 80.9 Å². The molecule has 2 spiro atoms. The number of hydrogen-bond acceptors (Lipinski definition) is 5. The third kappa shape index (κ3) is 4.99. The molecule has 3 aromatic carbocycles. The van der Waals surface area contributed by atoms with Gasteiger partial charge in [-0.2, -0.15) is 0 Å². The number of aliphatic hydroxyl groups excluding tert-OH is 1. The Morgan fingerprint density at radius 2 is 1.40 bits per heavy atom. The van der Waals surface area contributed by atoms with Crippen LogP contribution in [0.1, 0.15) is 86.3 Å². The van der Waals surface area contributed by atoms with Gasteiger partial charge < -0.3 is 10.2 Å². The van der Waals surface area contributed by atoms with E-state index in [9.17, 15) is 15.0 Å². The number of benzene rings is 3. The standard InChI is InChI=1S/C46H53ClN2O3/c1-42-20-17-36(50)29-44(42)23-24-46(37(30-44)41(51)34-11-7-4-8-12-34)38(42)18-21-43(2)39(46)19-22-45(43,52)31-48-25-27-49(28-26-48)40(32-9-5-3-6-10-32)33-13-15-35(47)16-14-33/h3-16,23-24,30,36,38-40,50,52H,17-22,25-29,31H2,1-2H3. The Morgan fingerprint density at radius 1 is 0.788 bits per heavy atom. The molecular weight excluding hydrogens is 664 g/mol. The van der Waals surface area contributed by atoms with E-state index in [-0.39, 0.29) is 40.1 Å². The van der Waals surface area contributed by atoms with Crippen LogP contribution in [0.4, 0.5) is 0 Å². The van der Waals surface area contributed by atoms with Gasteiger partial charge in [-0.1, -0.05) is 116 Å². The molecule has 5 nitrogen and oxygen atoms in total. The number of hydrogen-bond donors (Lipinski definition) is 2. The molecule has 52 heavy (non-hydrogen) atoms. The largest absolute Gasteiger partial charge is 0.393 e. The van der Waals surface area contributed by atoms with Crippen LogP contribution in [0.5, 0.6) is 0 Å². The van der Waals surface area contributed by atoms with Crippen molar-refractivity contribution in [3.8, 4) is 0 Å². The summed E-state index contributed by atoms with van der Waals surface area (Å²) in [6.45, 7) is 9.10. The first-order chi connectivity index (χ1) is 25.0. The lowest BCUT2D eigenvalue weighted by atomic mass is 9.32. The lowest BCUT2D eigenvalue weighted by Crippen LogP contribution is -2.67. The van der Waals surface area contributed by atoms with Gasteiger partial charge in [-0.3, -0.25) is 14.6 Å². The average molecular weight is 717 g/mol. The number of carbonyl (C=O) groups excluding carboxylic acids is 1. The normalized spacial score (nSPS) is 38.9. The van der Waals surface area contributed by atoms with Crippen molar-refractivity contribution in [3.63, 3.8) is 0 Å². The van der Waals surface area contributed by atoms with Crippen molar-refractivity contribution in [2.45, 2.75) is 76.5 Å². The van der Waals surface area contributed by atoms with E-state index in [1.54, 1.807) is 0 Å². The van der Waals surface area contributed by atoms with E-state index < -0.39 is 11.0 Å². The maximum atomic E-state index is 14.7. The van der Waals surface area contributed by atoms with Gasteiger partial charge in [0.1, 0.15) is 0 Å². The van der Waals surface area contributed by atoms with Gasteiger partial charge in [0.15, 0.2) is 5.78 Å². The smallest absolute Gasteiger partial charge is 0.189 e. The van der Waals surface area contributed by atoms with E-state index in [0.29, 0.717) is 18.9 Å². The van der Waals surface area contributed by atoms with Gasteiger partial charge in [0.2, 0.25) is 0 Å². The summed E-state index contributed by atoms with van der Waals surface area (Å²) in [6.07, 6.45) is 12.9. The van der Waals surface area contributed by atoms with Gasteiger partial charge in [-0.15, -0.1) is 0 Å². The fraction of sp³-hybridized carbons (Fsp3) is 0.500. The molecule has 2 N–H and O–H groups in total. The zero-order valence-corrected chi connectivity index (χ0v) is 31.4. The number of β-amino-alcohol motifs (C(OH)–C–C–N with tert-alkyl or cyclic N) is 1. The molecule has 9 atom stereocenters. The van der Waals surface area contributed by atoms with Gasteiger partial charge >= 0.3 is 0 Å². The minimum absolute atomic E-state index is 0.0286. The zero-order chi connectivity index (χ0) is 35.9. The molecule has 2 bridgehead atoms. The highest BCUT2D eigenvalue weighted by Crippen LogP contribution is 2.78. The third-order valence-electron chi connectivity index (χ3n) is 15.6. The van der Waals surface area contributed by atoms with Crippen LogP contribution in [0.3, 0.4) is 0 Å². The van der Waals surface area contributed by atoms with Crippen molar-refractivity contribution in [2.24, 2.45) is 33.5 Å². The summed E-state index contributed by atoms with van der Waals surface area (Å²) in [7, 11) is 0. The molecule has 1 aliphatic heterocycles. The number of rotatable bonds is 7. The van der Waals surface area contributed by atoms with Crippen LogP contribution in [-0.2, 0) is 0 Å². The van der Waals surface area contributed by atoms with E-state index in [2.05, 4.69) is 84.3 Å². The van der Waals surface area contributed by atoms with Gasteiger partial charge in [0.05, 0.1) is 17.7 Å². The first-order valence-corrected chi connectivity index (χ1v) is 20.1. The number of Topliss-reactive ketones (excluding diaryl/α,β-unsaturated/α-hetero) is 1. The van der Waals surface area contributed by atoms with Crippen LogP contribution in [-0.4, -0.2) is 70.2 Å². The molecule has 4 fully saturated rings. The molecule has 272 valence electrons. The third-order valence-corrected chi connectivity index (χ3v) is 15.8. The predicted molar refractivity (Wildman–Crippen MR) is 207 cm³/mol. The van der Waals surface area contributed by atoms with Crippen molar-refractivity contribution in [1.82, 2.24) is 9.80 Å². The fourth-order valence-corrected chi connectivity index (χ4v) is 12.9. The van der Waals surface area contributed by atoms with E-state index in [1.165, 1.54) is 11.1 Å². The number of nitrogens with zero attached hydrogens (tertiary/aromatic N) is 2. The molecule has 3 aromatic rings. The lowest BCUT2D eigenvalue weighted by molar-refractivity contribution is -0.177. The molecule has 9 unspecified atom stereocenters. The minimum atomic E-state index is -0.848. The van der Waals surface area contributed by atoms with Crippen molar-refractivity contribution in [2.75, 3.05) is 32.7 Å². The number of piperazine rings is 1. The van der Waals surface area contributed by atoms with Gasteiger partial charge in [-0.25, -0.2) is 0 Å². The number of aliphatic hydroxyl groups is 2. The highest BCUT2D eigenvalue weighted by molar-refractivity contribution is 6.30. The summed E-state index contributed by atoms with van der Waals surface area (Å²) in [5.74, 6) is 0.590. The monoisotopic (exact) mass is 716 g/mol. The Labute approximate surface area is 314 Å². The predicted octanol–water partition coefficient (Wildman–Crippen LogP) is 8.52. The molecule has 1 heterocycles. The van der Waals surface area contributed by atoms with E-state index in [4.69, 9.17) is 11.6 Å². The van der Waals surface area contributed by atoms with Crippen molar-refractivity contribution in [1.29, 1.82) is 0 Å². The molecule has 10 rings (SSSR count). The second kappa shape index (κ2) is 12.5. The van der Waals surface area contributed by atoms with Crippen LogP contribution in [0, 0.1) is 33.5 Å². The summed E-state index contributed by atoms with van der Waals surface area (Å²) in [6, 6.07) is 29.0. The Morgan fingerprint density at radius 3 is 2.12 bits per heavy atom. The Balaban J connectivity index is 1.01. The van der Waals surface area contributed by atoms with E-state index in [1.807, 2.05) is 42.5 Å². The molecule has 7 aliphatic rings. The zero-order valence-electron chi connectivity index (χ0n) is 30.7. The van der Waals surface area contributed by atoms with Crippen LogP contribution < -0.4 is 0 Å². The number of halogens is 1. The summed E-state index contributed by atoms with van der Waals surface area (Å²) in [4.78, 5) is 19.8. The van der Waals surface area contributed by atoms with Gasteiger partial charge in [0.25, 0.3) is 0 Å². The van der Waals surface area contributed by atoms with Crippen molar-refractivity contribution >= 4 is 17.4 Å². The summed E-state index contributed by atoms with van der Waals surface area (Å²) < 4.78 is 0. The second-order valence-electron chi connectivity index (χ2n) is 17.7. The minimum Gasteiger partial charge on any atom is -0.393 e. The van der Waals surface area contributed by atoms with Crippen LogP contribution in [0.15, 0.2) is 109 Å². The second-order valence-corrected chi connectivity index (χ2v) is 18.1. The first kappa shape index (κ1) is 34.7. The highest BCUT2D eigenvalue weighted by atomic mass is 35.5. The molecule has 0 aromatic heterocycles. The molecule has 6 heteroatoms. The fourth-order valence-electron chi connectivity index (χ4n) is 12.8. The Kier molecular flexibility index (Phi) is 8.34. The molecule has 0 amide bonds. The average Bonchev–Trinajstić information content (AvgIpc) is 3.43. The number of ketones is 1. The Hall–Kier alpha value is -3.06. The maximum absolute atomic E-state index is 14.7. The van der Waals surface area contributed by atoms with Crippen molar-refractivity contribution in [3.05, 3.63) is 130 Å². The quantitative estimate of drug-likeness (QED) is 0.190. The SMILES string of the molecule is CC12CCC(O)CC13C=CC1(C(C(=O)c4ccccc4)=C3)C2CCC2(C)C1CCC2(O)CN1CCN(C(c2ccccc2)c2ccc(Cl)cc2)CC1. The highest BCUT2D eigenvalue weighted by Gasteiger charge is 2.74. The van der Waals surface area contributed by atoms with Gasteiger partial charge in [0, 0.05) is 65.1 Å².